The van der Waals surface area contributed by atoms with Gasteiger partial charge < -0.3 is 11.1 Å². The van der Waals surface area contributed by atoms with Crippen molar-refractivity contribution in [2.24, 2.45) is 11.7 Å². The van der Waals surface area contributed by atoms with E-state index in [0.717, 1.165) is 0 Å². The number of anilines is 1. The van der Waals surface area contributed by atoms with Crippen LogP contribution in [0.25, 0.3) is 5.82 Å². The van der Waals surface area contributed by atoms with Crippen molar-refractivity contribution in [1.29, 1.82) is 0 Å². The zero-order chi connectivity index (χ0) is 13.7. The molecule has 7 heteroatoms. The largest absolute Gasteiger partial charge is 0.330 e. The minimum atomic E-state index is -0.171. The van der Waals surface area contributed by atoms with Gasteiger partial charge in [0.05, 0.1) is 17.8 Å². The lowest BCUT2D eigenvalue weighted by atomic mass is 10.1. The van der Waals surface area contributed by atoms with E-state index in [2.05, 4.69) is 20.4 Å². The van der Waals surface area contributed by atoms with Gasteiger partial charge in [0.25, 0.3) is 0 Å². The molecule has 3 N–H and O–H groups in total. The molecule has 0 aliphatic rings. The third-order valence-electron chi connectivity index (χ3n) is 2.82. The average molecular weight is 260 g/mol. The number of hydrogen-bond acceptors (Lipinski definition) is 5. The van der Waals surface area contributed by atoms with Crippen LogP contribution in [0.3, 0.4) is 0 Å². The van der Waals surface area contributed by atoms with Gasteiger partial charge in [0, 0.05) is 6.54 Å². The van der Waals surface area contributed by atoms with Crippen molar-refractivity contribution >= 4 is 11.6 Å². The summed E-state index contributed by atoms with van der Waals surface area (Å²) in [6.45, 7) is 2.27. The van der Waals surface area contributed by atoms with Gasteiger partial charge in [0.2, 0.25) is 5.91 Å². The first kappa shape index (κ1) is 13.2. The van der Waals surface area contributed by atoms with Crippen molar-refractivity contribution in [2.45, 2.75) is 13.3 Å². The van der Waals surface area contributed by atoms with E-state index >= 15 is 0 Å². The Balaban J connectivity index is 2.05. The summed E-state index contributed by atoms with van der Waals surface area (Å²) >= 11 is 0. The Hall–Kier alpha value is -2.28. The molecule has 0 spiro atoms. The topological polar surface area (TPSA) is 98.7 Å². The Morgan fingerprint density at radius 1 is 1.53 bits per heavy atom. The SMILES string of the molecule is CCC(CN)C(=O)Nc1ccc(-n2cncn2)nc1. The molecule has 0 saturated heterocycles. The van der Waals surface area contributed by atoms with Gasteiger partial charge in [-0.15, -0.1) is 0 Å². The predicted molar refractivity (Wildman–Crippen MR) is 70.6 cm³/mol. The Morgan fingerprint density at radius 2 is 2.37 bits per heavy atom. The summed E-state index contributed by atoms with van der Waals surface area (Å²) < 4.78 is 1.54. The lowest BCUT2D eigenvalue weighted by Gasteiger charge is -2.12. The van der Waals surface area contributed by atoms with Crippen LogP contribution >= 0.6 is 0 Å². The van der Waals surface area contributed by atoms with Crippen molar-refractivity contribution in [3.8, 4) is 5.82 Å². The number of nitrogens with zero attached hydrogens (tertiary/aromatic N) is 4. The summed E-state index contributed by atoms with van der Waals surface area (Å²) in [5.74, 6) is 0.386. The molecular weight excluding hydrogens is 244 g/mol. The van der Waals surface area contributed by atoms with E-state index in [1.165, 1.54) is 6.33 Å². The monoisotopic (exact) mass is 260 g/mol. The van der Waals surface area contributed by atoms with Crippen molar-refractivity contribution in [1.82, 2.24) is 19.7 Å². The summed E-state index contributed by atoms with van der Waals surface area (Å²) in [5.41, 5.74) is 6.17. The maximum Gasteiger partial charge on any atom is 0.228 e. The molecule has 0 radical (unpaired) electrons. The fraction of sp³-hybridized carbons (Fsp3) is 0.333. The smallest absolute Gasteiger partial charge is 0.228 e. The number of rotatable bonds is 5. The number of carbonyl (C=O) groups is 1. The van der Waals surface area contributed by atoms with Crippen molar-refractivity contribution in [3.05, 3.63) is 31.0 Å². The van der Waals surface area contributed by atoms with Gasteiger partial charge >= 0.3 is 0 Å². The van der Waals surface area contributed by atoms with Crippen LogP contribution < -0.4 is 11.1 Å². The van der Waals surface area contributed by atoms with Gasteiger partial charge in [-0.05, 0) is 18.6 Å². The fourth-order valence-electron chi connectivity index (χ4n) is 1.63. The number of amides is 1. The van der Waals surface area contributed by atoms with Crippen LogP contribution in [-0.4, -0.2) is 32.2 Å². The predicted octanol–water partition coefficient (Wildman–Crippen LogP) is 0.586. The van der Waals surface area contributed by atoms with Gasteiger partial charge in [0.1, 0.15) is 12.7 Å². The van der Waals surface area contributed by atoms with Gasteiger partial charge in [-0.2, -0.15) is 5.10 Å². The minimum Gasteiger partial charge on any atom is -0.330 e. The van der Waals surface area contributed by atoms with E-state index in [0.29, 0.717) is 24.5 Å². The standard InChI is InChI=1S/C12H16N6O/c1-2-9(5-13)12(19)17-10-3-4-11(15-6-10)18-8-14-7-16-18/h3-4,6-9H,2,5,13H2,1H3,(H,17,19). The molecular formula is C12H16N6O. The van der Waals surface area contributed by atoms with E-state index in [1.807, 2.05) is 6.92 Å². The molecule has 19 heavy (non-hydrogen) atoms. The van der Waals surface area contributed by atoms with Gasteiger partial charge in [-0.1, -0.05) is 6.92 Å². The number of pyridine rings is 1. The molecule has 2 aromatic rings. The van der Waals surface area contributed by atoms with Crippen LogP contribution in [0.2, 0.25) is 0 Å². The van der Waals surface area contributed by atoms with Crippen LogP contribution in [0, 0.1) is 5.92 Å². The number of aromatic nitrogens is 4. The molecule has 100 valence electrons. The normalized spacial score (nSPS) is 12.1. The van der Waals surface area contributed by atoms with Crippen molar-refractivity contribution < 1.29 is 4.79 Å². The van der Waals surface area contributed by atoms with Crippen LogP contribution in [0.1, 0.15) is 13.3 Å². The van der Waals surface area contributed by atoms with E-state index in [4.69, 9.17) is 5.73 Å². The van der Waals surface area contributed by atoms with Crippen LogP contribution in [0.15, 0.2) is 31.0 Å². The second kappa shape index (κ2) is 6.05. The maximum absolute atomic E-state index is 11.8. The molecule has 1 atom stereocenters. The van der Waals surface area contributed by atoms with E-state index in [9.17, 15) is 4.79 Å². The highest BCUT2D eigenvalue weighted by Crippen LogP contribution is 2.11. The maximum atomic E-state index is 11.8. The number of carbonyl (C=O) groups excluding carboxylic acids is 1. The molecule has 2 rings (SSSR count). The number of hydrogen-bond donors (Lipinski definition) is 2. The van der Waals surface area contributed by atoms with Crippen LogP contribution in [0.5, 0.6) is 0 Å². The molecule has 7 nitrogen and oxygen atoms in total. The Labute approximate surface area is 110 Å². The van der Waals surface area contributed by atoms with E-state index in [1.54, 1.807) is 29.3 Å². The fourth-order valence-corrected chi connectivity index (χ4v) is 1.63. The molecule has 2 aromatic heterocycles. The molecule has 0 fully saturated rings. The number of nitrogens with two attached hydrogens (primary N) is 1. The lowest BCUT2D eigenvalue weighted by molar-refractivity contribution is -0.119. The molecule has 1 unspecified atom stereocenters. The molecule has 0 saturated carbocycles. The summed E-state index contributed by atoms with van der Waals surface area (Å²) in [6, 6.07) is 3.53. The molecule has 0 aliphatic carbocycles. The highest BCUT2D eigenvalue weighted by atomic mass is 16.1. The summed E-state index contributed by atoms with van der Waals surface area (Å²) in [4.78, 5) is 19.9. The van der Waals surface area contributed by atoms with E-state index < -0.39 is 0 Å². The van der Waals surface area contributed by atoms with Gasteiger partial charge in [-0.3, -0.25) is 4.79 Å². The minimum absolute atomic E-state index is 0.0831. The third-order valence-corrected chi connectivity index (χ3v) is 2.82. The Morgan fingerprint density at radius 3 is 2.89 bits per heavy atom. The van der Waals surface area contributed by atoms with Gasteiger partial charge in [-0.25, -0.2) is 14.6 Å². The van der Waals surface area contributed by atoms with Crippen LogP contribution in [0.4, 0.5) is 5.69 Å². The average Bonchev–Trinajstić information content (AvgIpc) is 2.95. The van der Waals surface area contributed by atoms with E-state index in [-0.39, 0.29) is 11.8 Å². The second-order valence-corrected chi connectivity index (χ2v) is 4.08. The summed E-state index contributed by atoms with van der Waals surface area (Å²) in [6.07, 6.45) is 5.29. The van der Waals surface area contributed by atoms with Crippen LogP contribution in [-0.2, 0) is 4.79 Å². The first-order valence-electron chi connectivity index (χ1n) is 6.06. The zero-order valence-corrected chi connectivity index (χ0v) is 10.7. The summed E-state index contributed by atoms with van der Waals surface area (Å²) in [5, 5.41) is 6.76. The molecule has 0 aliphatic heterocycles. The Bertz CT molecular complexity index is 518. The van der Waals surface area contributed by atoms with Crippen molar-refractivity contribution in [3.63, 3.8) is 0 Å². The lowest BCUT2D eigenvalue weighted by Crippen LogP contribution is -2.28. The highest BCUT2D eigenvalue weighted by Gasteiger charge is 2.14. The quantitative estimate of drug-likeness (QED) is 0.819. The van der Waals surface area contributed by atoms with Gasteiger partial charge in [0.15, 0.2) is 5.82 Å². The molecule has 0 aromatic carbocycles. The third kappa shape index (κ3) is 3.14. The highest BCUT2D eigenvalue weighted by molar-refractivity contribution is 5.92. The second-order valence-electron chi connectivity index (χ2n) is 4.08. The van der Waals surface area contributed by atoms with Crippen molar-refractivity contribution in [2.75, 3.05) is 11.9 Å². The molecule has 0 bridgehead atoms. The molecule has 1 amide bonds. The zero-order valence-electron chi connectivity index (χ0n) is 10.7. The molecule has 2 heterocycles. The first-order valence-corrected chi connectivity index (χ1v) is 6.06. The Kier molecular flexibility index (Phi) is 4.19. The summed E-state index contributed by atoms with van der Waals surface area (Å²) in [7, 11) is 0. The first-order chi connectivity index (χ1) is 9.24. The number of nitrogens with one attached hydrogen (secondary N) is 1.